The van der Waals surface area contributed by atoms with Crippen molar-refractivity contribution in [1.29, 1.82) is 0 Å². The summed E-state index contributed by atoms with van der Waals surface area (Å²) in [6, 6.07) is 14.2. The Hall–Kier alpha value is -2.68. The van der Waals surface area contributed by atoms with Gasteiger partial charge in [-0.15, -0.1) is 4.31 Å². The van der Waals surface area contributed by atoms with Crippen LogP contribution in [0.5, 0.6) is 0 Å². The largest absolute Gasteiger partial charge is 0.593 e. The van der Waals surface area contributed by atoms with E-state index in [0.717, 1.165) is 28.3 Å². The molecule has 0 N–H and O–H groups in total. The number of piperidine rings is 1. The molecule has 8 heteroatoms. The van der Waals surface area contributed by atoms with E-state index in [-0.39, 0.29) is 23.1 Å². The van der Waals surface area contributed by atoms with E-state index >= 15 is 0 Å². The Morgan fingerprint density at radius 1 is 1.17 bits per heavy atom. The average Bonchev–Trinajstić information content (AvgIpc) is 3.28. The van der Waals surface area contributed by atoms with Gasteiger partial charge in [-0.1, -0.05) is 32.9 Å². The minimum absolute atomic E-state index is 0.0193. The Morgan fingerprint density at radius 2 is 1.86 bits per heavy atom. The van der Waals surface area contributed by atoms with E-state index in [1.54, 1.807) is 18.3 Å². The summed E-state index contributed by atoms with van der Waals surface area (Å²) in [5.74, 6) is -0.528. The molecule has 1 fully saturated rings. The zero-order chi connectivity index (χ0) is 25.7. The van der Waals surface area contributed by atoms with Crippen molar-refractivity contribution in [3.8, 4) is 5.69 Å². The monoisotopic (exact) mass is 509 g/mol. The first-order valence-corrected chi connectivity index (χ1v) is 13.4. The van der Waals surface area contributed by atoms with Crippen LogP contribution in [0.4, 0.5) is 4.39 Å². The van der Waals surface area contributed by atoms with Crippen molar-refractivity contribution in [3.05, 3.63) is 77.4 Å². The van der Waals surface area contributed by atoms with E-state index in [1.807, 2.05) is 33.3 Å². The molecule has 1 saturated heterocycles. The number of ether oxygens (including phenoxy) is 1. The van der Waals surface area contributed by atoms with Gasteiger partial charge in [0.1, 0.15) is 5.82 Å². The third-order valence-corrected chi connectivity index (χ3v) is 9.14. The predicted octanol–water partition coefficient (Wildman–Crippen LogP) is 4.61. The lowest BCUT2D eigenvalue weighted by atomic mass is 9.63. The lowest BCUT2D eigenvalue weighted by Gasteiger charge is -2.47. The molecule has 3 atom stereocenters. The molecule has 2 heterocycles. The standard InChI is InChI=1S/C28H32FN3O3S/c1-27(2,3)20-5-11-24(12-6-20)36(34)31-14-13-21-15-25-19(16-28(21,18-31)26(33)35-4)17-30-32(25)23-9-7-22(29)8-10-23/h5-12,17,21H,13-16,18H2,1-4H3/t21-,28-,36?/m0/s1. The highest BCUT2D eigenvalue weighted by molar-refractivity contribution is 7.89. The first-order chi connectivity index (χ1) is 17.1. The highest BCUT2D eigenvalue weighted by atomic mass is 32.2. The number of esters is 1. The summed E-state index contributed by atoms with van der Waals surface area (Å²) in [4.78, 5) is 14.0. The minimum atomic E-state index is -1.38. The van der Waals surface area contributed by atoms with Gasteiger partial charge in [-0.25, -0.2) is 9.07 Å². The van der Waals surface area contributed by atoms with Gasteiger partial charge in [-0.05, 0) is 78.1 Å². The topological polar surface area (TPSA) is 70.4 Å². The number of methoxy groups -OCH3 is 1. The molecule has 0 amide bonds. The first-order valence-electron chi connectivity index (χ1n) is 12.3. The molecule has 1 aliphatic carbocycles. The SMILES string of the molecule is COC(=O)[C@]12Cc3cnn(-c4ccc(F)cc4)c3C[C@@H]1CCN([S+]([O-])c1ccc(C(C)(C)C)cc1)C2. The Bertz CT molecular complexity index is 1250. The van der Waals surface area contributed by atoms with Crippen LogP contribution in [0.2, 0.25) is 0 Å². The van der Waals surface area contributed by atoms with Gasteiger partial charge in [0.2, 0.25) is 0 Å². The van der Waals surface area contributed by atoms with Gasteiger partial charge in [0.15, 0.2) is 4.90 Å². The molecule has 6 nitrogen and oxygen atoms in total. The number of hydrogen-bond acceptors (Lipinski definition) is 5. The van der Waals surface area contributed by atoms with Crippen LogP contribution in [0.3, 0.4) is 0 Å². The second-order valence-corrected chi connectivity index (χ2v) is 12.4. The van der Waals surface area contributed by atoms with Gasteiger partial charge >= 0.3 is 5.97 Å². The summed E-state index contributed by atoms with van der Waals surface area (Å²) in [6.07, 6.45) is 3.63. The molecule has 36 heavy (non-hydrogen) atoms. The van der Waals surface area contributed by atoms with Crippen LogP contribution in [0.1, 0.15) is 44.0 Å². The number of aromatic nitrogens is 2. The number of carbonyl (C=O) groups is 1. The second-order valence-electron chi connectivity index (χ2n) is 10.9. The van der Waals surface area contributed by atoms with Crippen LogP contribution in [0.15, 0.2) is 59.6 Å². The van der Waals surface area contributed by atoms with Gasteiger partial charge in [0, 0.05) is 12.2 Å². The third-order valence-electron chi connectivity index (χ3n) is 7.69. The van der Waals surface area contributed by atoms with Gasteiger partial charge in [0.25, 0.3) is 0 Å². The smallest absolute Gasteiger partial charge is 0.313 e. The number of rotatable bonds is 4. The maximum absolute atomic E-state index is 13.6. The number of hydrogen-bond donors (Lipinski definition) is 0. The lowest BCUT2D eigenvalue weighted by molar-refractivity contribution is -0.160. The van der Waals surface area contributed by atoms with Crippen molar-refractivity contribution in [2.75, 3.05) is 20.2 Å². The Kier molecular flexibility index (Phi) is 6.47. The number of nitrogens with zero attached hydrogens (tertiary/aromatic N) is 3. The van der Waals surface area contributed by atoms with Crippen molar-refractivity contribution < 1.29 is 18.5 Å². The quantitative estimate of drug-likeness (QED) is 0.379. The number of benzene rings is 2. The van der Waals surface area contributed by atoms with Gasteiger partial charge < -0.3 is 9.29 Å². The number of fused-ring (bicyclic) bond motifs is 2. The molecular weight excluding hydrogens is 477 g/mol. The minimum Gasteiger partial charge on any atom is -0.593 e. The number of halogens is 1. The fourth-order valence-electron chi connectivity index (χ4n) is 5.62. The van der Waals surface area contributed by atoms with E-state index in [9.17, 15) is 13.7 Å². The zero-order valence-electron chi connectivity index (χ0n) is 21.2. The van der Waals surface area contributed by atoms with Crippen LogP contribution in [0.25, 0.3) is 5.69 Å². The van der Waals surface area contributed by atoms with Crippen molar-refractivity contribution in [2.24, 2.45) is 11.3 Å². The normalized spacial score (nSPS) is 23.0. The van der Waals surface area contributed by atoms with Crippen LogP contribution < -0.4 is 0 Å². The van der Waals surface area contributed by atoms with E-state index in [0.29, 0.717) is 25.9 Å². The molecule has 190 valence electrons. The van der Waals surface area contributed by atoms with Crippen molar-refractivity contribution in [3.63, 3.8) is 0 Å². The molecule has 1 unspecified atom stereocenters. The van der Waals surface area contributed by atoms with E-state index in [4.69, 9.17) is 4.74 Å². The van der Waals surface area contributed by atoms with Crippen LogP contribution in [-0.4, -0.2) is 44.8 Å². The summed E-state index contributed by atoms with van der Waals surface area (Å²) >= 11 is -1.38. The van der Waals surface area contributed by atoms with Gasteiger partial charge in [0.05, 0.1) is 42.3 Å². The van der Waals surface area contributed by atoms with E-state index < -0.39 is 16.8 Å². The summed E-state index contributed by atoms with van der Waals surface area (Å²) in [7, 11) is 1.42. The Morgan fingerprint density at radius 3 is 2.50 bits per heavy atom. The summed E-state index contributed by atoms with van der Waals surface area (Å²) in [5.41, 5.74) is 3.22. The molecule has 5 rings (SSSR count). The molecule has 1 aromatic heterocycles. The third kappa shape index (κ3) is 4.35. The maximum Gasteiger partial charge on any atom is 0.313 e. The van der Waals surface area contributed by atoms with Gasteiger partial charge in [-0.3, -0.25) is 4.79 Å². The number of carbonyl (C=O) groups excluding carboxylic acids is 1. The maximum atomic E-state index is 13.6. The fraction of sp³-hybridized carbons (Fsp3) is 0.429. The lowest BCUT2D eigenvalue weighted by Crippen LogP contribution is -2.58. The molecule has 1 aliphatic heterocycles. The molecular formula is C28H32FN3O3S. The molecule has 2 aliphatic rings. The summed E-state index contributed by atoms with van der Waals surface area (Å²) in [5, 5.41) is 4.57. The average molecular weight is 510 g/mol. The molecule has 2 aromatic carbocycles. The fourth-order valence-corrected chi connectivity index (χ4v) is 6.90. The van der Waals surface area contributed by atoms with Crippen LogP contribution >= 0.6 is 0 Å². The Labute approximate surface area is 214 Å². The highest BCUT2D eigenvalue weighted by Crippen LogP contribution is 2.47. The van der Waals surface area contributed by atoms with E-state index in [1.165, 1.54) is 24.8 Å². The molecule has 0 saturated carbocycles. The first kappa shape index (κ1) is 25.0. The van der Waals surface area contributed by atoms with Crippen LogP contribution in [-0.2, 0) is 39.1 Å². The summed E-state index contributed by atoms with van der Waals surface area (Å²) in [6.45, 7) is 7.44. The van der Waals surface area contributed by atoms with Crippen molar-refractivity contribution >= 4 is 17.3 Å². The Balaban J connectivity index is 1.43. The highest BCUT2D eigenvalue weighted by Gasteiger charge is 2.55. The van der Waals surface area contributed by atoms with Crippen molar-refractivity contribution in [1.82, 2.24) is 14.1 Å². The van der Waals surface area contributed by atoms with E-state index in [2.05, 4.69) is 25.9 Å². The molecule has 0 radical (unpaired) electrons. The zero-order valence-corrected chi connectivity index (χ0v) is 22.0. The predicted molar refractivity (Wildman–Crippen MR) is 137 cm³/mol. The molecule has 0 bridgehead atoms. The summed E-state index contributed by atoms with van der Waals surface area (Å²) < 4.78 is 36.1. The van der Waals surface area contributed by atoms with Crippen molar-refractivity contribution in [2.45, 2.75) is 50.3 Å². The second kappa shape index (κ2) is 9.32. The molecule has 3 aromatic rings. The van der Waals surface area contributed by atoms with Gasteiger partial charge in [-0.2, -0.15) is 5.10 Å². The van der Waals surface area contributed by atoms with Crippen LogP contribution in [0, 0.1) is 17.2 Å². The molecule has 0 spiro atoms.